The van der Waals surface area contributed by atoms with Crippen molar-refractivity contribution >= 4 is 0 Å². The molecule has 0 aliphatic heterocycles. The minimum atomic E-state index is -0.206. The van der Waals surface area contributed by atoms with Gasteiger partial charge in [-0.05, 0) is 93.4 Å². The van der Waals surface area contributed by atoms with Crippen molar-refractivity contribution < 1.29 is 9.84 Å². The van der Waals surface area contributed by atoms with E-state index in [9.17, 15) is 5.11 Å². The first-order valence-electron chi connectivity index (χ1n) is 11.5. The van der Waals surface area contributed by atoms with Gasteiger partial charge in [0.2, 0.25) is 0 Å². The van der Waals surface area contributed by atoms with Crippen molar-refractivity contribution in [1.29, 1.82) is 0 Å². The molecule has 1 aromatic carbocycles. The third-order valence-corrected chi connectivity index (χ3v) is 8.17. The molecule has 1 aromatic rings. The molecule has 2 nitrogen and oxygen atoms in total. The molecule has 4 unspecified atom stereocenters. The zero-order chi connectivity index (χ0) is 20.8. The number of fused-ring (bicyclic) bond motifs is 2. The summed E-state index contributed by atoms with van der Waals surface area (Å²) >= 11 is 0. The number of rotatable bonds is 4. The molecular weight excluding hydrogens is 356 g/mol. The number of aliphatic hydroxyl groups excluding tert-OH is 1. The third kappa shape index (κ3) is 4.27. The second kappa shape index (κ2) is 7.52. The highest BCUT2D eigenvalue weighted by atomic mass is 16.5. The minimum Gasteiger partial charge on any atom is -0.512 e. The molecule has 1 N–H and O–H groups in total. The van der Waals surface area contributed by atoms with Gasteiger partial charge in [0.15, 0.2) is 0 Å². The van der Waals surface area contributed by atoms with Crippen LogP contribution in [0, 0.1) is 23.2 Å². The predicted molar refractivity (Wildman–Crippen MR) is 120 cm³/mol. The average Bonchev–Trinajstić information content (AvgIpc) is 2.95. The summed E-state index contributed by atoms with van der Waals surface area (Å²) in [6, 6.07) is 8.99. The molecule has 158 valence electrons. The van der Waals surface area contributed by atoms with E-state index in [1.807, 2.05) is 6.08 Å². The van der Waals surface area contributed by atoms with Gasteiger partial charge < -0.3 is 9.84 Å². The maximum absolute atomic E-state index is 9.68. The zero-order valence-corrected chi connectivity index (χ0v) is 18.9. The first-order valence-corrected chi connectivity index (χ1v) is 11.5. The van der Waals surface area contributed by atoms with E-state index in [-0.39, 0.29) is 11.0 Å². The monoisotopic (exact) mass is 394 g/mol. The quantitative estimate of drug-likeness (QED) is 0.570. The maximum Gasteiger partial charge on any atom is 0.120 e. The summed E-state index contributed by atoms with van der Waals surface area (Å²) in [6.45, 7) is 11.0. The van der Waals surface area contributed by atoms with Crippen molar-refractivity contribution in [3.63, 3.8) is 0 Å². The van der Waals surface area contributed by atoms with Crippen LogP contribution in [0.3, 0.4) is 0 Å². The molecule has 3 aliphatic rings. The highest BCUT2D eigenvalue weighted by Gasteiger charge is 2.42. The van der Waals surface area contributed by atoms with Gasteiger partial charge in [-0.25, -0.2) is 0 Å². The summed E-state index contributed by atoms with van der Waals surface area (Å²) in [5.41, 5.74) is 2.95. The minimum absolute atomic E-state index is 0.0863. The summed E-state index contributed by atoms with van der Waals surface area (Å²) in [5.74, 6) is 4.61. The number of aliphatic hydroxyl groups is 1. The molecule has 4 rings (SSSR count). The van der Waals surface area contributed by atoms with Gasteiger partial charge >= 0.3 is 0 Å². The van der Waals surface area contributed by atoms with E-state index in [1.54, 1.807) is 5.57 Å². The molecule has 2 fully saturated rings. The van der Waals surface area contributed by atoms with Gasteiger partial charge in [0.25, 0.3) is 0 Å². The van der Waals surface area contributed by atoms with E-state index in [2.05, 4.69) is 65.0 Å². The molecular formula is C27H38O2. The Morgan fingerprint density at radius 2 is 1.59 bits per heavy atom. The van der Waals surface area contributed by atoms with Crippen LogP contribution in [-0.2, 0) is 0 Å². The lowest BCUT2D eigenvalue weighted by Crippen LogP contribution is -2.42. The van der Waals surface area contributed by atoms with Crippen LogP contribution in [0.4, 0.5) is 0 Å². The Morgan fingerprint density at radius 3 is 2.21 bits per heavy atom. The molecule has 0 radical (unpaired) electrons. The van der Waals surface area contributed by atoms with Gasteiger partial charge in [-0.1, -0.05) is 44.6 Å². The fraction of sp³-hybridized carbons (Fsp3) is 0.630. The molecule has 0 aromatic heterocycles. The van der Waals surface area contributed by atoms with Gasteiger partial charge in [0.05, 0.1) is 5.76 Å². The fourth-order valence-electron chi connectivity index (χ4n) is 5.48. The summed E-state index contributed by atoms with van der Waals surface area (Å²) < 4.78 is 6.34. The largest absolute Gasteiger partial charge is 0.512 e. The molecule has 0 saturated heterocycles. The predicted octanol–water partition coefficient (Wildman–Crippen LogP) is 7.57. The van der Waals surface area contributed by atoms with E-state index in [0.717, 1.165) is 36.3 Å². The fourth-order valence-corrected chi connectivity index (χ4v) is 5.48. The second-order valence-corrected chi connectivity index (χ2v) is 11.2. The standard InChI is InChI=1S/C27H38O2/c1-26(2,3)27(4,5)29-24-12-8-20(9-13-24)25-16-18-14-21(17-22(25)15-18)19-6-10-23(28)11-7-19/h6,8-10,12-13,18,21-22,25,28H,7,11,14-17H2,1-5H3. The van der Waals surface area contributed by atoms with Gasteiger partial charge in [-0.3, -0.25) is 0 Å². The van der Waals surface area contributed by atoms with Crippen molar-refractivity contribution in [3.8, 4) is 5.75 Å². The molecule has 3 aliphatic carbocycles. The van der Waals surface area contributed by atoms with Gasteiger partial charge in [0.1, 0.15) is 11.4 Å². The molecule has 2 heteroatoms. The summed E-state index contributed by atoms with van der Waals surface area (Å²) in [7, 11) is 0. The molecule has 29 heavy (non-hydrogen) atoms. The Morgan fingerprint density at radius 1 is 0.862 bits per heavy atom. The maximum atomic E-state index is 9.68. The van der Waals surface area contributed by atoms with Gasteiger partial charge in [-0.2, -0.15) is 0 Å². The van der Waals surface area contributed by atoms with E-state index in [4.69, 9.17) is 4.74 Å². The van der Waals surface area contributed by atoms with E-state index < -0.39 is 0 Å². The van der Waals surface area contributed by atoms with Gasteiger partial charge in [0, 0.05) is 11.8 Å². The van der Waals surface area contributed by atoms with E-state index in [1.165, 1.54) is 31.2 Å². The van der Waals surface area contributed by atoms with Crippen LogP contribution in [-0.4, -0.2) is 10.7 Å². The second-order valence-electron chi connectivity index (χ2n) is 11.2. The lowest BCUT2D eigenvalue weighted by molar-refractivity contribution is 0.000791. The van der Waals surface area contributed by atoms with Crippen molar-refractivity contribution in [1.82, 2.24) is 0 Å². The number of hydrogen-bond acceptors (Lipinski definition) is 2. The van der Waals surface area contributed by atoms with Gasteiger partial charge in [-0.15, -0.1) is 0 Å². The number of ether oxygens (including phenoxy) is 1. The number of allylic oxidation sites excluding steroid dienone is 4. The Hall–Kier alpha value is -1.70. The molecule has 0 amide bonds. The zero-order valence-electron chi connectivity index (χ0n) is 18.9. The van der Waals surface area contributed by atoms with Crippen LogP contribution in [0.1, 0.15) is 84.6 Å². The highest BCUT2D eigenvalue weighted by Crippen LogP contribution is 2.54. The molecule has 0 spiro atoms. The lowest BCUT2D eigenvalue weighted by Gasteiger charge is -2.39. The first-order chi connectivity index (χ1) is 13.6. The summed E-state index contributed by atoms with van der Waals surface area (Å²) in [4.78, 5) is 0. The van der Waals surface area contributed by atoms with Crippen LogP contribution in [0.15, 0.2) is 47.7 Å². The Kier molecular flexibility index (Phi) is 5.34. The van der Waals surface area contributed by atoms with Crippen molar-refractivity contribution in [2.75, 3.05) is 0 Å². The summed E-state index contributed by atoms with van der Waals surface area (Å²) in [6.07, 6.45) is 11.4. The Bertz CT molecular complexity index is 791. The molecule has 2 bridgehead atoms. The lowest BCUT2D eigenvalue weighted by atomic mass is 9.74. The van der Waals surface area contributed by atoms with Crippen LogP contribution in [0.2, 0.25) is 0 Å². The third-order valence-electron chi connectivity index (χ3n) is 8.17. The molecule has 2 saturated carbocycles. The van der Waals surface area contributed by atoms with Crippen molar-refractivity contribution in [2.24, 2.45) is 23.2 Å². The smallest absolute Gasteiger partial charge is 0.120 e. The van der Waals surface area contributed by atoms with Crippen molar-refractivity contribution in [2.45, 2.75) is 84.7 Å². The van der Waals surface area contributed by atoms with Crippen LogP contribution in [0.25, 0.3) is 0 Å². The van der Waals surface area contributed by atoms with Crippen LogP contribution in [0.5, 0.6) is 5.75 Å². The topological polar surface area (TPSA) is 29.5 Å². The molecule has 4 atom stereocenters. The average molecular weight is 395 g/mol. The van der Waals surface area contributed by atoms with E-state index >= 15 is 0 Å². The molecule has 0 heterocycles. The highest BCUT2D eigenvalue weighted by molar-refractivity contribution is 5.32. The van der Waals surface area contributed by atoms with Crippen LogP contribution >= 0.6 is 0 Å². The Labute approximate surface area is 177 Å². The normalized spacial score (nSPS) is 30.0. The Balaban J connectivity index is 1.44. The number of hydrogen-bond donors (Lipinski definition) is 1. The van der Waals surface area contributed by atoms with E-state index in [0.29, 0.717) is 11.7 Å². The van der Waals surface area contributed by atoms with Crippen LogP contribution < -0.4 is 4.74 Å². The SMILES string of the molecule is CC(C)(C)C(C)(C)Oc1ccc(C2CC3CC(C4=CC=C(O)CC4)CC2C3)cc1. The first kappa shape index (κ1) is 20.6. The summed E-state index contributed by atoms with van der Waals surface area (Å²) in [5, 5.41) is 9.68. The van der Waals surface area contributed by atoms with Crippen molar-refractivity contribution in [3.05, 3.63) is 53.3 Å². The number of benzene rings is 1.